The maximum atomic E-state index is 12.3. The van der Waals surface area contributed by atoms with Crippen LogP contribution in [-0.2, 0) is 14.3 Å². The molecular formula is C15H22N2O3. The molecule has 4 rings (SSSR count). The summed E-state index contributed by atoms with van der Waals surface area (Å²) in [6.45, 7) is 2.11. The summed E-state index contributed by atoms with van der Waals surface area (Å²) in [6, 6.07) is 0.161. The van der Waals surface area contributed by atoms with Gasteiger partial charge in [-0.1, -0.05) is 0 Å². The molecule has 2 saturated heterocycles. The summed E-state index contributed by atoms with van der Waals surface area (Å²) in [5.74, 6) is 1.51. The van der Waals surface area contributed by atoms with E-state index in [0.717, 1.165) is 12.8 Å². The first kappa shape index (κ1) is 12.6. The van der Waals surface area contributed by atoms with Crippen LogP contribution < -0.4 is 0 Å². The molecule has 0 aromatic carbocycles. The standard InChI is InChI=1S/C15H22N2O3/c1-16-12-7-17(14(18)10-4-5-10)6-11(12)13(15(16)19)20-8-9-2-3-9/h9-13H,2-8H2,1H3/t11-,12+,13-/m0/s1. The van der Waals surface area contributed by atoms with Crippen molar-refractivity contribution in [3.05, 3.63) is 0 Å². The third-order valence-corrected chi connectivity index (χ3v) is 5.26. The summed E-state index contributed by atoms with van der Waals surface area (Å²) < 4.78 is 5.90. The molecule has 5 nitrogen and oxygen atoms in total. The second kappa shape index (κ2) is 4.45. The Labute approximate surface area is 119 Å². The Morgan fingerprint density at radius 1 is 1.25 bits per heavy atom. The zero-order valence-electron chi connectivity index (χ0n) is 12.0. The molecule has 0 radical (unpaired) electrons. The third kappa shape index (κ3) is 2.03. The molecule has 0 unspecified atom stereocenters. The lowest BCUT2D eigenvalue weighted by atomic mass is 10.0. The van der Waals surface area contributed by atoms with Crippen LogP contribution in [0.1, 0.15) is 25.7 Å². The summed E-state index contributed by atoms with van der Waals surface area (Å²) in [5.41, 5.74) is 0. The minimum absolute atomic E-state index is 0.110. The average molecular weight is 278 g/mol. The van der Waals surface area contributed by atoms with Crippen molar-refractivity contribution in [2.24, 2.45) is 17.8 Å². The Bertz CT molecular complexity index is 444. The number of nitrogens with zero attached hydrogens (tertiary/aromatic N) is 2. The van der Waals surface area contributed by atoms with Crippen molar-refractivity contribution >= 4 is 11.8 Å². The third-order valence-electron chi connectivity index (χ3n) is 5.26. The first-order valence-corrected chi connectivity index (χ1v) is 7.82. The van der Waals surface area contributed by atoms with E-state index in [1.165, 1.54) is 12.8 Å². The molecule has 2 heterocycles. The van der Waals surface area contributed by atoms with Crippen LogP contribution in [0, 0.1) is 17.8 Å². The van der Waals surface area contributed by atoms with E-state index in [4.69, 9.17) is 4.74 Å². The number of hydrogen-bond acceptors (Lipinski definition) is 3. The molecule has 0 aromatic rings. The van der Waals surface area contributed by atoms with E-state index in [1.807, 2.05) is 16.8 Å². The molecule has 20 heavy (non-hydrogen) atoms. The van der Waals surface area contributed by atoms with E-state index in [2.05, 4.69) is 0 Å². The highest BCUT2D eigenvalue weighted by Gasteiger charge is 2.53. The van der Waals surface area contributed by atoms with Crippen molar-refractivity contribution < 1.29 is 14.3 Å². The Morgan fingerprint density at radius 2 is 2.00 bits per heavy atom. The van der Waals surface area contributed by atoms with Gasteiger partial charge in [0.25, 0.3) is 5.91 Å². The number of hydrogen-bond donors (Lipinski definition) is 0. The van der Waals surface area contributed by atoms with E-state index in [-0.39, 0.29) is 29.9 Å². The van der Waals surface area contributed by atoms with Crippen LogP contribution >= 0.6 is 0 Å². The molecule has 3 atom stereocenters. The SMILES string of the molecule is CN1C(=O)[C@@H](OCC2CC2)[C@H]2CN(C(=O)C3CC3)C[C@H]21. The minimum Gasteiger partial charge on any atom is -0.368 e. The van der Waals surface area contributed by atoms with Gasteiger partial charge < -0.3 is 14.5 Å². The van der Waals surface area contributed by atoms with Gasteiger partial charge in [-0.05, 0) is 31.6 Å². The zero-order valence-corrected chi connectivity index (χ0v) is 12.0. The number of carbonyl (C=O) groups excluding carboxylic acids is 2. The number of rotatable bonds is 4. The van der Waals surface area contributed by atoms with Crippen molar-refractivity contribution in [2.75, 3.05) is 26.7 Å². The molecule has 0 bridgehead atoms. The van der Waals surface area contributed by atoms with Gasteiger partial charge in [0, 0.05) is 32.0 Å². The lowest BCUT2D eigenvalue weighted by molar-refractivity contribution is -0.141. The van der Waals surface area contributed by atoms with E-state index in [1.54, 1.807) is 0 Å². The Hall–Kier alpha value is -1.10. The van der Waals surface area contributed by atoms with E-state index >= 15 is 0 Å². The van der Waals surface area contributed by atoms with Crippen LogP contribution in [0.4, 0.5) is 0 Å². The average Bonchev–Trinajstić information content (AvgIpc) is 3.34. The molecule has 0 spiro atoms. The molecule has 2 amide bonds. The van der Waals surface area contributed by atoms with E-state index in [0.29, 0.717) is 31.5 Å². The molecule has 4 aliphatic rings. The molecule has 2 aliphatic heterocycles. The second-order valence-electron chi connectivity index (χ2n) is 6.90. The zero-order chi connectivity index (χ0) is 13.9. The summed E-state index contributed by atoms with van der Waals surface area (Å²) in [5, 5.41) is 0. The molecule has 0 aromatic heterocycles. The highest BCUT2D eigenvalue weighted by molar-refractivity contribution is 5.86. The topological polar surface area (TPSA) is 49.9 Å². The van der Waals surface area contributed by atoms with Gasteiger partial charge in [0.15, 0.2) is 0 Å². The van der Waals surface area contributed by atoms with Gasteiger partial charge in [-0.2, -0.15) is 0 Å². The summed E-state index contributed by atoms with van der Waals surface area (Å²) in [6.07, 6.45) is 4.23. The van der Waals surface area contributed by atoms with Crippen molar-refractivity contribution in [3.63, 3.8) is 0 Å². The Balaban J connectivity index is 1.44. The fourth-order valence-electron chi connectivity index (χ4n) is 3.55. The predicted molar refractivity (Wildman–Crippen MR) is 71.8 cm³/mol. The summed E-state index contributed by atoms with van der Waals surface area (Å²) in [4.78, 5) is 28.2. The van der Waals surface area contributed by atoms with Crippen molar-refractivity contribution in [3.8, 4) is 0 Å². The highest BCUT2D eigenvalue weighted by atomic mass is 16.5. The fourth-order valence-corrected chi connectivity index (χ4v) is 3.55. The van der Waals surface area contributed by atoms with Crippen LogP contribution in [0.2, 0.25) is 0 Å². The minimum atomic E-state index is -0.317. The molecule has 110 valence electrons. The lowest BCUT2D eigenvalue weighted by Gasteiger charge is -2.22. The summed E-state index contributed by atoms with van der Waals surface area (Å²) >= 11 is 0. The van der Waals surface area contributed by atoms with Crippen LogP contribution in [0.5, 0.6) is 0 Å². The monoisotopic (exact) mass is 278 g/mol. The largest absolute Gasteiger partial charge is 0.368 e. The number of likely N-dealkylation sites (N-methyl/N-ethyl adjacent to an activating group) is 1. The number of fused-ring (bicyclic) bond motifs is 1. The number of carbonyl (C=O) groups is 2. The van der Waals surface area contributed by atoms with Gasteiger partial charge in [-0.15, -0.1) is 0 Å². The van der Waals surface area contributed by atoms with Crippen molar-refractivity contribution in [1.82, 2.24) is 9.80 Å². The van der Waals surface area contributed by atoms with E-state index in [9.17, 15) is 9.59 Å². The number of amides is 2. The summed E-state index contributed by atoms with van der Waals surface area (Å²) in [7, 11) is 1.85. The molecule has 4 fully saturated rings. The van der Waals surface area contributed by atoms with E-state index < -0.39 is 0 Å². The smallest absolute Gasteiger partial charge is 0.252 e. The predicted octanol–water partition coefficient (Wildman–Crippen LogP) is 0.491. The van der Waals surface area contributed by atoms with Crippen molar-refractivity contribution in [1.29, 1.82) is 0 Å². The van der Waals surface area contributed by atoms with Gasteiger partial charge in [0.05, 0.1) is 12.6 Å². The highest BCUT2D eigenvalue weighted by Crippen LogP contribution is 2.38. The van der Waals surface area contributed by atoms with Crippen LogP contribution in [-0.4, -0.2) is 60.5 Å². The lowest BCUT2D eigenvalue weighted by Crippen LogP contribution is -2.39. The first-order chi connectivity index (χ1) is 9.65. The molecule has 5 heteroatoms. The normalized spacial score (nSPS) is 36.6. The van der Waals surface area contributed by atoms with Gasteiger partial charge in [0.1, 0.15) is 6.10 Å². The van der Waals surface area contributed by atoms with Gasteiger partial charge in [-0.3, -0.25) is 9.59 Å². The fraction of sp³-hybridized carbons (Fsp3) is 0.867. The van der Waals surface area contributed by atoms with Crippen LogP contribution in [0.3, 0.4) is 0 Å². The molecule has 0 N–H and O–H groups in total. The van der Waals surface area contributed by atoms with Crippen molar-refractivity contribution in [2.45, 2.75) is 37.8 Å². The molecular weight excluding hydrogens is 256 g/mol. The Kier molecular flexibility index (Phi) is 2.81. The number of ether oxygens (including phenoxy) is 1. The van der Waals surface area contributed by atoms with Crippen LogP contribution in [0.25, 0.3) is 0 Å². The molecule has 2 aliphatic carbocycles. The molecule has 2 saturated carbocycles. The maximum absolute atomic E-state index is 12.3. The van der Waals surface area contributed by atoms with Gasteiger partial charge >= 0.3 is 0 Å². The van der Waals surface area contributed by atoms with Crippen LogP contribution in [0.15, 0.2) is 0 Å². The maximum Gasteiger partial charge on any atom is 0.252 e. The quantitative estimate of drug-likeness (QED) is 0.752. The van der Waals surface area contributed by atoms with Gasteiger partial charge in [-0.25, -0.2) is 0 Å². The first-order valence-electron chi connectivity index (χ1n) is 7.82. The second-order valence-corrected chi connectivity index (χ2v) is 6.90. The Morgan fingerprint density at radius 3 is 2.65 bits per heavy atom. The number of likely N-dealkylation sites (tertiary alicyclic amines) is 2. The van der Waals surface area contributed by atoms with Gasteiger partial charge in [0.2, 0.25) is 5.91 Å².